The summed E-state index contributed by atoms with van der Waals surface area (Å²) in [5.74, 6) is 0.955. The number of aliphatic carboxylic acids is 1. The molecule has 0 atom stereocenters. The lowest BCUT2D eigenvalue weighted by molar-refractivity contribution is -0.137. The van der Waals surface area contributed by atoms with Gasteiger partial charge in [-0.1, -0.05) is 19.8 Å². The molecule has 0 radical (unpaired) electrons. The number of hydrogen-bond acceptors (Lipinski definition) is 3. The number of rotatable bonds is 9. The highest BCUT2D eigenvalue weighted by molar-refractivity contribution is 7.86. The molecule has 0 rings (SSSR count). The van der Waals surface area contributed by atoms with Crippen LogP contribution in [0.25, 0.3) is 0 Å². The van der Waals surface area contributed by atoms with Crippen molar-refractivity contribution in [2.24, 2.45) is 0 Å². The lowest BCUT2D eigenvalue weighted by Gasteiger charge is -2.27. The first kappa shape index (κ1) is 16.9. The third kappa shape index (κ3) is 5.04. The van der Waals surface area contributed by atoms with Crippen LogP contribution >= 0.6 is 0 Å². The first-order valence-corrected chi connectivity index (χ1v) is 7.20. The normalized spacial score (nSPS) is 11.7. The maximum absolute atomic E-state index is 12.2. The average Bonchev–Trinajstić information content (AvgIpc) is 2.27. The number of carbonyl (C=O) groups is 1. The van der Waals surface area contributed by atoms with E-state index in [1.165, 1.54) is 4.31 Å². The van der Waals surface area contributed by atoms with E-state index in [9.17, 15) is 13.2 Å². The first-order chi connectivity index (χ1) is 8.39. The minimum atomic E-state index is -3.80. The standard InChI is InChI=1S/C11H20N2O4S/c1-4-7-12(8-5-2)18(16,17)13(9-6-3)10-11(14)15/h3H,4-5,7-10H2,1-2H3,(H,14,15). The van der Waals surface area contributed by atoms with Gasteiger partial charge < -0.3 is 5.11 Å². The van der Waals surface area contributed by atoms with E-state index in [2.05, 4.69) is 5.92 Å². The van der Waals surface area contributed by atoms with Crippen LogP contribution in [0.2, 0.25) is 0 Å². The molecule has 0 amide bonds. The molecule has 0 aromatic rings. The molecule has 0 spiro atoms. The van der Waals surface area contributed by atoms with Crippen LogP contribution < -0.4 is 0 Å². The number of hydrogen-bond donors (Lipinski definition) is 1. The van der Waals surface area contributed by atoms with E-state index >= 15 is 0 Å². The highest BCUT2D eigenvalue weighted by Crippen LogP contribution is 2.09. The van der Waals surface area contributed by atoms with Crippen molar-refractivity contribution in [3.63, 3.8) is 0 Å². The Bertz CT molecular complexity index is 394. The first-order valence-electron chi connectivity index (χ1n) is 5.80. The van der Waals surface area contributed by atoms with Crippen LogP contribution in [0.4, 0.5) is 0 Å². The maximum Gasteiger partial charge on any atom is 0.318 e. The third-order valence-electron chi connectivity index (χ3n) is 2.18. The molecule has 18 heavy (non-hydrogen) atoms. The van der Waals surface area contributed by atoms with Gasteiger partial charge >= 0.3 is 5.97 Å². The molecule has 0 aliphatic heterocycles. The minimum Gasteiger partial charge on any atom is -0.480 e. The lowest BCUT2D eigenvalue weighted by Crippen LogP contribution is -2.46. The maximum atomic E-state index is 12.2. The fourth-order valence-electron chi connectivity index (χ4n) is 1.48. The van der Waals surface area contributed by atoms with Gasteiger partial charge in [-0.2, -0.15) is 17.0 Å². The molecule has 0 unspecified atom stereocenters. The Kier molecular flexibility index (Phi) is 7.59. The van der Waals surface area contributed by atoms with Crippen molar-refractivity contribution in [2.75, 3.05) is 26.2 Å². The zero-order valence-corrected chi connectivity index (χ0v) is 11.6. The summed E-state index contributed by atoms with van der Waals surface area (Å²) in [6.07, 6.45) is 6.41. The second kappa shape index (κ2) is 8.08. The number of carboxylic acid groups (broad SMARTS) is 1. The molecule has 0 aliphatic rings. The summed E-state index contributed by atoms with van der Waals surface area (Å²) in [4.78, 5) is 10.7. The van der Waals surface area contributed by atoms with Crippen molar-refractivity contribution < 1.29 is 18.3 Å². The molecule has 104 valence electrons. The molecular formula is C11H20N2O4S. The number of nitrogens with zero attached hydrogens (tertiary/aromatic N) is 2. The van der Waals surface area contributed by atoms with Gasteiger partial charge in [-0.05, 0) is 12.8 Å². The van der Waals surface area contributed by atoms with E-state index in [-0.39, 0.29) is 6.54 Å². The van der Waals surface area contributed by atoms with Gasteiger partial charge in [-0.15, -0.1) is 6.42 Å². The van der Waals surface area contributed by atoms with E-state index in [0.717, 1.165) is 4.31 Å². The predicted octanol–water partition coefficient (Wildman–Crippen LogP) is 0.373. The zero-order valence-electron chi connectivity index (χ0n) is 10.8. The topological polar surface area (TPSA) is 77.9 Å². The van der Waals surface area contributed by atoms with Gasteiger partial charge in [0.1, 0.15) is 6.54 Å². The Balaban J connectivity index is 5.11. The van der Waals surface area contributed by atoms with Crippen LogP contribution in [-0.2, 0) is 15.0 Å². The van der Waals surface area contributed by atoms with Crippen molar-refractivity contribution in [1.29, 1.82) is 0 Å². The van der Waals surface area contributed by atoms with Gasteiger partial charge in [0.15, 0.2) is 0 Å². The Morgan fingerprint density at radius 3 is 2.06 bits per heavy atom. The van der Waals surface area contributed by atoms with Crippen molar-refractivity contribution in [3.8, 4) is 12.3 Å². The van der Waals surface area contributed by atoms with Crippen LogP contribution in [0.1, 0.15) is 26.7 Å². The smallest absolute Gasteiger partial charge is 0.318 e. The van der Waals surface area contributed by atoms with Gasteiger partial charge in [0.05, 0.1) is 6.54 Å². The van der Waals surface area contributed by atoms with Crippen LogP contribution in [0.3, 0.4) is 0 Å². The van der Waals surface area contributed by atoms with E-state index < -0.39 is 22.7 Å². The molecule has 0 aromatic carbocycles. The van der Waals surface area contributed by atoms with E-state index in [1.807, 2.05) is 13.8 Å². The second-order valence-electron chi connectivity index (χ2n) is 3.77. The molecule has 0 aliphatic carbocycles. The quantitative estimate of drug-likeness (QED) is 0.617. The number of carboxylic acids is 1. The second-order valence-corrected chi connectivity index (χ2v) is 5.70. The lowest BCUT2D eigenvalue weighted by atomic mass is 10.4. The molecule has 0 aromatic heterocycles. The van der Waals surface area contributed by atoms with Crippen LogP contribution in [0.15, 0.2) is 0 Å². The highest BCUT2D eigenvalue weighted by atomic mass is 32.2. The molecule has 0 fully saturated rings. The Hall–Kier alpha value is -1.10. The largest absolute Gasteiger partial charge is 0.480 e. The third-order valence-corrected chi connectivity index (χ3v) is 4.11. The summed E-state index contributed by atoms with van der Waals surface area (Å²) in [7, 11) is -3.80. The van der Waals surface area contributed by atoms with Crippen LogP contribution in [0.5, 0.6) is 0 Å². The van der Waals surface area contributed by atoms with Gasteiger partial charge in [-0.25, -0.2) is 0 Å². The van der Waals surface area contributed by atoms with Crippen LogP contribution in [-0.4, -0.2) is 54.3 Å². The summed E-state index contributed by atoms with van der Waals surface area (Å²) < 4.78 is 26.5. The molecule has 0 bridgehead atoms. The van der Waals surface area contributed by atoms with E-state index in [1.54, 1.807) is 0 Å². The molecule has 0 heterocycles. The zero-order chi connectivity index (χ0) is 14.2. The van der Waals surface area contributed by atoms with Gasteiger partial charge in [0, 0.05) is 13.1 Å². The fourth-order valence-corrected chi connectivity index (χ4v) is 3.14. The van der Waals surface area contributed by atoms with Gasteiger partial charge in [0.2, 0.25) is 0 Å². The van der Waals surface area contributed by atoms with Crippen molar-refractivity contribution in [2.45, 2.75) is 26.7 Å². The monoisotopic (exact) mass is 276 g/mol. The summed E-state index contributed by atoms with van der Waals surface area (Å²) in [5, 5.41) is 8.72. The molecule has 7 heteroatoms. The Labute approximate surface area is 109 Å². The van der Waals surface area contributed by atoms with Crippen LogP contribution in [0, 0.1) is 12.3 Å². The predicted molar refractivity (Wildman–Crippen MR) is 69.1 cm³/mol. The van der Waals surface area contributed by atoms with Crippen molar-refractivity contribution >= 4 is 16.2 Å². The minimum absolute atomic E-state index is 0.238. The summed E-state index contributed by atoms with van der Waals surface area (Å²) in [6, 6.07) is 0. The van der Waals surface area contributed by atoms with E-state index in [4.69, 9.17) is 11.5 Å². The summed E-state index contributed by atoms with van der Waals surface area (Å²) in [5.41, 5.74) is 0. The SMILES string of the molecule is C#CCN(CC(=O)O)S(=O)(=O)N(CCC)CCC. The molecule has 0 saturated carbocycles. The Morgan fingerprint density at radius 2 is 1.72 bits per heavy atom. The van der Waals surface area contributed by atoms with E-state index in [0.29, 0.717) is 25.9 Å². The molecule has 6 nitrogen and oxygen atoms in total. The average molecular weight is 276 g/mol. The highest BCUT2D eigenvalue weighted by Gasteiger charge is 2.29. The fraction of sp³-hybridized carbons (Fsp3) is 0.727. The van der Waals surface area contributed by atoms with Gasteiger partial charge in [0.25, 0.3) is 10.2 Å². The molecular weight excluding hydrogens is 256 g/mol. The molecule has 0 saturated heterocycles. The Morgan fingerprint density at radius 1 is 1.22 bits per heavy atom. The molecule has 1 N–H and O–H groups in total. The van der Waals surface area contributed by atoms with Crippen molar-refractivity contribution in [1.82, 2.24) is 8.61 Å². The summed E-state index contributed by atoms with van der Waals surface area (Å²) in [6.45, 7) is 3.59. The summed E-state index contributed by atoms with van der Waals surface area (Å²) >= 11 is 0. The van der Waals surface area contributed by atoms with Crippen molar-refractivity contribution in [3.05, 3.63) is 0 Å². The number of terminal acetylenes is 1. The van der Waals surface area contributed by atoms with Gasteiger partial charge in [-0.3, -0.25) is 4.79 Å².